The Morgan fingerprint density at radius 3 is 2.42 bits per heavy atom. The van der Waals surface area contributed by atoms with E-state index in [1.807, 2.05) is 0 Å². The van der Waals surface area contributed by atoms with Crippen molar-refractivity contribution in [2.45, 2.75) is 83.7 Å². The van der Waals surface area contributed by atoms with Crippen LogP contribution in [-0.2, 0) is 6.42 Å². The predicted octanol–water partition coefficient (Wildman–Crippen LogP) is 8.59. The Kier molecular flexibility index (Phi) is 6.46. The highest BCUT2D eigenvalue weighted by molar-refractivity contribution is 6.01. The van der Waals surface area contributed by atoms with Crippen LogP contribution in [0.15, 0.2) is 54.0 Å². The van der Waals surface area contributed by atoms with Crippen LogP contribution in [0.3, 0.4) is 0 Å². The van der Waals surface area contributed by atoms with Crippen LogP contribution in [0, 0.1) is 5.92 Å². The first-order chi connectivity index (χ1) is 14.9. The van der Waals surface area contributed by atoms with Gasteiger partial charge in [0.15, 0.2) is 0 Å². The lowest BCUT2D eigenvalue weighted by Crippen LogP contribution is -2.17. The molecular formula is C29H36FN. The fourth-order valence-corrected chi connectivity index (χ4v) is 5.11. The van der Waals surface area contributed by atoms with Crippen LogP contribution in [0.4, 0.5) is 10.1 Å². The van der Waals surface area contributed by atoms with E-state index in [9.17, 15) is 4.39 Å². The van der Waals surface area contributed by atoms with Gasteiger partial charge in [-0.2, -0.15) is 0 Å². The second kappa shape index (κ2) is 9.10. The molecular weight excluding hydrogens is 381 g/mol. The molecule has 0 N–H and O–H groups in total. The molecule has 0 spiro atoms. The van der Waals surface area contributed by atoms with Gasteiger partial charge >= 0.3 is 0 Å². The van der Waals surface area contributed by atoms with Gasteiger partial charge in [-0.3, -0.25) is 4.99 Å². The van der Waals surface area contributed by atoms with Crippen LogP contribution in [0.5, 0.6) is 0 Å². The summed E-state index contributed by atoms with van der Waals surface area (Å²) in [6.45, 7) is 9.96. The van der Waals surface area contributed by atoms with Crippen molar-refractivity contribution in [3.63, 3.8) is 0 Å². The molecule has 1 fully saturated rings. The fraction of sp³-hybridized carbons (Fsp3) is 0.483. The highest BCUT2D eigenvalue weighted by Crippen LogP contribution is 2.44. The summed E-state index contributed by atoms with van der Waals surface area (Å²) in [5.74, 6) is 0.724. The molecule has 0 amide bonds. The normalized spacial score (nSPS) is 19.2. The van der Waals surface area contributed by atoms with Gasteiger partial charge in [0.25, 0.3) is 0 Å². The van der Waals surface area contributed by atoms with E-state index in [1.165, 1.54) is 59.9 Å². The lowest BCUT2D eigenvalue weighted by Gasteiger charge is -2.24. The highest BCUT2D eigenvalue weighted by atomic mass is 19.1. The highest BCUT2D eigenvalue weighted by Gasteiger charge is 2.31. The molecule has 1 atom stereocenters. The number of rotatable bonds is 7. The number of hydrogen-bond donors (Lipinski definition) is 0. The number of fused-ring (bicyclic) bond motifs is 1. The molecule has 0 bridgehead atoms. The van der Waals surface area contributed by atoms with Crippen LogP contribution >= 0.6 is 0 Å². The predicted molar refractivity (Wildman–Crippen MR) is 131 cm³/mol. The Hall–Kier alpha value is -2.22. The SMILES string of the molecule is C=C(c1ccc2c(c1)N=C(CCC(C)(C)F)C2c1ccc(CC)cc1)C1CCCCC1. The topological polar surface area (TPSA) is 12.4 Å². The fourth-order valence-electron chi connectivity index (χ4n) is 5.11. The molecule has 0 radical (unpaired) electrons. The maximum Gasteiger partial charge on any atom is 0.105 e. The van der Waals surface area contributed by atoms with E-state index in [0.29, 0.717) is 18.8 Å². The molecule has 1 aliphatic heterocycles. The average Bonchev–Trinajstić information content (AvgIpc) is 3.15. The largest absolute Gasteiger partial charge is 0.256 e. The van der Waals surface area contributed by atoms with Gasteiger partial charge in [0.2, 0.25) is 0 Å². The van der Waals surface area contributed by atoms with E-state index in [1.54, 1.807) is 13.8 Å². The van der Waals surface area contributed by atoms with Crippen molar-refractivity contribution < 1.29 is 4.39 Å². The molecule has 1 nitrogen and oxygen atoms in total. The molecule has 2 heteroatoms. The van der Waals surface area contributed by atoms with Crippen molar-refractivity contribution in [2.24, 2.45) is 10.9 Å². The second-order valence-corrected chi connectivity index (χ2v) is 9.98. The number of benzene rings is 2. The van der Waals surface area contributed by atoms with Gasteiger partial charge in [-0.1, -0.05) is 69.2 Å². The molecule has 1 saturated carbocycles. The summed E-state index contributed by atoms with van der Waals surface area (Å²) in [7, 11) is 0. The van der Waals surface area contributed by atoms with E-state index in [0.717, 1.165) is 17.8 Å². The van der Waals surface area contributed by atoms with Crippen LogP contribution < -0.4 is 0 Å². The summed E-state index contributed by atoms with van der Waals surface area (Å²) in [4.78, 5) is 5.05. The third-order valence-corrected chi connectivity index (χ3v) is 7.10. The smallest absolute Gasteiger partial charge is 0.105 e. The van der Waals surface area contributed by atoms with Gasteiger partial charge in [-0.15, -0.1) is 0 Å². The van der Waals surface area contributed by atoms with Gasteiger partial charge in [0, 0.05) is 11.6 Å². The molecule has 2 aliphatic rings. The number of nitrogens with zero attached hydrogens (tertiary/aromatic N) is 1. The third-order valence-electron chi connectivity index (χ3n) is 7.10. The van der Waals surface area contributed by atoms with Gasteiger partial charge in [0.1, 0.15) is 5.67 Å². The monoisotopic (exact) mass is 417 g/mol. The van der Waals surface area contributed by atoms with Crippen molar-refractivity contribution in [2.75, 3.05) is 0 Å². The summed E-state index contributed by atoms with van der Waals surface area (Å²) in [6.07, 6.45) is 8.68. The molecule has 2 aromatic carbocycles. The van der Waals surface area contributed by atoms with Crippen molar-refractivity contribution in [3.05, 3.63) is 71.3 Å². The van der Waals surface area contributed by atoms with Crippen molar-refractivity contribution >= 4 is 17.0 Å². The van der Waals surface area contributed by atoms with Gasteiger partial charge in [0.05, 0.1) is 5.69 Å². The van der Waals surface area contributed by atoms with Crippen molar-refractivity contribution in [1.82, 2.24) is 0 Å². The van der Waals surface area contributed by atoms with E-state index >= 15 is 0 Å². The first kappa shape index (κ1) is 22.0. The average molecular weight is 418 g/mol. The molecule has 2 aromatic rings. The number of aliphatic imine (C=N–C) groups is 1. The Morgan fingerprint density at radius 2 is 1.77 bits per heavy atom. The van der Waals surface area contributed by atoms with Gasteiger partial charge < -0.3 is 0 Å². The molecule has 0 saturated heterocycles. The van der Waals surface area contributed by atoms with Gasteiger partial charge in [-0.25, -0.2) is 4.39 Å². The summed E-state index contributed by atoms with van der Waals surface area (Å²) >= 11 is 0. The van der Waals surface area contributed by atoms with Crippen LogP contribution in [0.25, 0.3) is 5.57 Å². The number of allylic oxidation sites excluding steroid dienone is 1. The van der Waals surface area contributed by atoms with Crippen molar-refractivity contribution in [3.8, 4) is 0 Å². The molecule has 4 rings (SSSR count). The number of halogens is 1. The first-order valence-corrected chi connectivity index (χ1v) is 12.0. The summed E-state index contributed by atoms with van der Waals surface area (Å²) in [5.41, 5.74) is 7.28. The van der Waals surface area contributed by atoms with Crippen LogP contribution in [0.1, 0.15) is 93.9 Å². The summed E-state index contributed by atoms with van der Waals surface area (Å²) in [5, 5.41) is 0. The molecule has 0 aromatic heterocycles. The Labute approximate surface area is 187 Å². The minimum atomic E-state index is -1.19. The van der Waals surface area contributed by atoms with Gasteiger partial charge in [-0.05, 0) is 85.8 Å². The molecule has 164 valence electrons. The third kappa shape index (κ3) is 5.00. The Morgan fingerprint density at radius 1 is 1.06 bits per heavy atom. The summed E-state index contributed by atoms with van der Waals surface area (Å²) < 4.78 is 14.3. The van der Waals surface area contributed by atoms with E-state index in [2.05, 4.69) is 56.0 Å². The lowest BCUT2D eigenvalue weighted by atomic mass is 9.80. The molecule has 31 heavy (non-hydrogen) atoms. The zero-order valence-corrected chi connectivity index (χ0v) is 19.4. The maximum atomic E-state index is 14.3. The molecule has 1 unspecified atom stereocenters. The standard InChI is InChI=1S/C29H36FN/c1-5-21-11-13-23(14-12-21)28-25-16-15-24(20(2)22-9-7-6-8-10-22)19-27(25)31-26(28)17-18-29(3,4)30/h11-16,19,22,28H,2,5-10,17-18H2,1,3-4H3. The maximum absolute atomic E-state index is 14.3. The zero-order chi connectivity index (χ0) is 22.0. The second-order valence-electron chi connectivity index (χ2n) is 9.98. The minimum absolute atomic E-state index is 0.125. The van der Waals surface area contributed by atoms with E-state index < -0.39 is 5.67 Å². The minimum Gasteiger partial charge on any atom is -0.256 e. The summed E-state index contributed by atoms with van der Waals surface area (Å²) in [6, 6.07) is 15.6. The number of hydrogen-bond acceptors (Lipinski definition) is 1. The Bertz CT molecular complexity index is 955. The van der Waals surface area contributed by atoms with Crippen molar-refractivity contribution in [1.29, 1.82) is 0 Å². The quantitative estimate of drug-likeness (QED) is 0.428. The number of aryl methyl sites for hydroxylation is 1. The van der Waals surface area contributed by atoms with Crippen LogP contribution in [-0.4, -0.2) is 11.4 Å². The molecule has 1 heterocycles. The number of alkyl halides is 1. The Balaban J connectivity index is 1.66. The zero-order valence-electron chi connectivity index (χ0n) is 19.4. The van der Waals surface area contributed by atoms with E-state index in [4.69, 9.17) is 4.99 Å². The lowest BCUT2D eigenvalue weighted by molar-refractivity contribution is 0.205. The van der Waals surface area contributed by atoms with E-state index in [-0.39, 0.29) is 5.92 Å². The molecule has 1 aliphatic carbocycles. The first-order valence-electron chi connectivity index (χ1n) is 12.0. The van der Waals surface area contributed by atoms with Crippen LogP contribution in [0.2, 0.25) is 0 Å².